The minimum atomic E-state index is -0.699. The van der Waals surface area contributed by atoms with E-state index in [1.54, 1.807) is 0 Å². The Balaban J connectivity index is 1.55. The van der Waals surface area contributed by atoms with Gasteiger partial charge in [-0.15, -0.1) is 5.10 Å². The Kier molecular flexibility index (Phi) is 5.14. The standard InChI is InChI=1S/C21H20F2N4O/c22-17-11-16(12-18(23)13-17)20-14-27(25-24-20)21(28)26-9-5-4-8-19(26)10-15-6-2-1-3-7-15/h1-3,6-7,11-14,19H,4-5,8-10H2. The van der Waals surface area contributed by atoms with E-state index in [-0.39, 0.29) is 23.3 Å². The molecule has 4 rings (SSSR count). The van der Waals surface area contributed by atoms with Crippen LogP contribution in [0, 0.1) is 11.6 Å². The number of amides is 1. The largest absolute Gasteiger partial charge is 0.346 e. The molecule has 0 bridgehead atoms. The van der Waals surface area contributed by atoms with Crippen LogP contribution in [0.15, 0.2) is 54.7 Å². The molecule has 1 aromatic heterocycles. The van der Waals surface area contributed by atoms with Crippen molar-refractivity contribution in [3.63, 3.8) is 0 Å². The molecule has 0 spiro atoms. The van der Waals surface area contributed by atoms with Crippen molar-refractivity contribution >= 4 is 6.03 Å². The van der Waals surface area contributed by atoms with Gasteiger partial charge in [0.15, 0.2) is 0 Å². The van der Waals surface area contributed by atoms with Gasteiger partial charge in [-0.1, -0.05) is 35.5 Å². The minimum Gasteiger partial charge on any atom is -0.320 e. The van der Waals surface area contributed by atoms with Crippen molar-refractivity contribution in [2.75, 3.05) is 6.54 Å². The molecule has 28 heavy (non-hydrogen) atoms. The fourth-order valence-corrected chi connectivity index (χ4v) is 3.67. The third kappa shape index (κ3) is 3.93. The predicted molar refractivity (Wildman–Crippen MR) is 101 cm³/mol. The smallest absolute Gasteiger partial charge is 0.320 e. The molecule has 1 aliphatic heterocycles. The second kappa shape index (κ2) is 7.88. The van der Waals surface area contributed by atoms with Gasteiger partial charge in [-0.05, 0) is 43.4 Å². The van der Waals surface area contributed by atoms with Gasteiger partial charge in [-0.25, -0.2) is 13.6 Å². The van der Waals surface area contributed by atoms with Crippen LogP contribution in [0.3, 0.4) is 0 Å². The normalized spacial score (nSPS) is 16.9. The molecule has 5 nitrogen and oxygen atoms in total. The Bertz CT molecular complexity index is 953. The number of hydrogen-bond acceptors (Lipinski definition) is 3. The summed E-state index contributed by atoms with van der Waals surface area (Å²) in [5.41, 5.74) is 1.68. The van der Waals surface area contributed by atoms with Gasteiger partial charge >= 0.3 is 6.03 Å². The fraction of sp³-hybridized carbons (Fsp3) is 0.286. The van der Waals surface area contributed by atoms with E-state index in [9.17, 15) is 13.6 Å². The second-order valence-corrected chi connectivity index (χ2v) is 7.02. The van der Waals surface area contributed by atoms with Crippen LogP contribution in [-0.2, 0) is 6.42 Å². The summed E-state index contributed by atoms with van der Waals surface area (Å²) in [6.45, 7) is 0.653. The molecule has 1 atom stereocenters. The Morgan fingerprint density at radius 2 is 1.82 bits per heavy atom. The average molecular weight is 382 g/mol. The molecule has 1 amide bonds. The summed E-state index contributed by atoms with van der Waals surface area (Å²) < 4.78 is 28.1. The van der Waals surface area contributed by atoms with Crippen LogP contribution in [-0.4, -0.2) is 38.5 Å². The van der Waals surface area contributed by atoms with Crippen LogP contribution in [0.2, 0.25) is 0 Å². The molecule has 3 aromatic rings. The zero-order valence-corrected chi connectivity index (χ0v) is 15.3. The number of likely N-dealkylation sites (tertiary alicyclic amines) is 1. The number of nitrogens with zero attached hydrogens (tertiary/aromatic N) is 4. The maximum Gasteiger partial charge on any atom is 0.346 e. The van der Waals surface area contributed by atoms with Crippen molar-refractivity contribution in [3.05, 3.63) is 71.9 Å². The van der Waals surface area contributed by atoms with Gasteiger partial charge < -0.3 is 4.90 Å². The molecule has 2 heterocycles. The lowest BCUT2D eigenvalue weighted by atomic mass is 9.96. The predicted octanol–water partition coefficient (Wildman–Crippen LogP) is 4.29. The van der Waals surface area contributed by atoms with Crippen LogP contribution in [0.5, 0.6) is 0 Å². The maximum absolute atomic E-state index is 13.5. The lowest BCUT2D eigenvalue weighted by Crippen LogP contribution is -2.46. The van der Waals surface area contributed by atoms with Gasteiger partial charge in [0.25, 0.3) is 0 Å². The van der Waals surface area contributed by atoms with Gasteiger partial charge in [0.1, 0.15) is 17.3 Å². The van der Waals surface area contributed by atoms with E-state index in [0.29, 0.717) is 6.54 Å². The second-order valence-electron chi connectivity index (χ2n) is 7.02. The van der Waals surface area contributed by atoms with Gasteiger partial charge in [0.05, 0.1) is 6.20 Å². The van der Waals surface area contributed by atoms with Crippen LogP contribution in [0.4, 0.5) is 13.6 Å². The first kappa shape index (κ1) is 18.3. The average Bonchev–Trinajstić information content (AvgIpc) is 3.18. The van der Waals surface area contributed by atoms with E-state index in [1.165, 1.54) is 23.9 Å². The van der Waals surface area contributed by atoms with Crippen molar-refractivity contribution in [3.8, 4) is 11.3 Å². The summed E-state index contributed by atoms with van der Waals surface area (Å²) >= 11 is 0. The molecule has 7 heteroatoms. The molecule has 1 saturated heterocycles. The van der Waals surface area contributed by atoms with Crippen molar-refractivity contribution < 1.29 is 13.6 Å². The molecule has 2 aromatic carbocycles. The number of carbonyl (C=O) groups excluding carboxylic acids is 1. The third-order valence-electron chi connectivity index (χ3n) is 5.03. The van der Waals surface area contributed by atoms with E-state index < -0.39 is 11.6 Å². The first-order valence-corrected chi connectivity index (χ1v) is 9.34. The van der Waals surface area contributed by atoms with Crippen LogP contribution >= 0.6 is 0 Å². The number of aromatic nitrogens is 3. The van der Waals surface area contributed by atoms with E-state index in [4.69, 9.17) is 0 Å². The monoisotopic (exact) mass is 382 g/mol. The first-order chi connectivity index (χ1) is 13.6. The molecule has 0 saturated carbocycles. The molecule has 1 fully saturated rings. The van der Waals surface area contributed by atoms with Crippen LogP contribution in [0.1, 0.15) is 24.8 Å². The third-order valence-corrected chi connectivity index (χ3v) is 5.03. The summed E-state index contributed by atoms with van der Waals surface area (Å²) in [5, 5.41) is 7.82. The zero-order valence-electron chi connectivity index (χ0n) is 15.3. The molecule has 0 radical (unpaired) electrons. The number of carbonyl (C=O) groups is 1. The highest BCUT2D eigenvalue weighted by Gasteiger charge is 2.28. The Hall–Kier alpha value is -3.09. The van der Waals surface area contributed by atoms with Crippen molar-refractivity contribution in [2.45, 2.75) is 31.7 Å². The van der Waals surface area contributed by atoms with Crippen LogP contribution in [0.25, 0.3) is 11.3 Å². The lowest BCUT2D eigenvalue weighted by Gasteiger charge is -2.35. The molecule has 0 N–H and O–H groups in total. The first-order valence-electron chi connectivity index (χ1n) is 9.34. The molecular weight excluding hydrogens is 362 g/mol. The topological polar surface area (TPSA) is 51.0 Å². The van der Waals surface area contributed by atoms with Crippen molar-refractivity contribution in [1.29, 1.82) is 0 Å². The number of halogens is 2. The molecule has 144 valence electrons. The molecule has 0 aliphatic carbocycles. The highest BCUT2D eigenvalue weighted by Crippen LogP contribution is 2.23. The van der Waals surface area contributed by atoms with Gasteiger partial charge in [-0.3, -0.25) is 0 Å². The fourth-order valence-electron chi connectivity index (χ4n) is 3.67. The molecule has 1 aliphatic rings. The van der Waals surface area contributed by atoms with Crippen molar-refractivity contribution in [2.24, 2.45) is 0 Å². The number of rotatable bonds is 3. The maximum atomic E-state index is 13.5. The highest BCUT2D eigenvalue weighted by atomic mass is 19.1. The van der Waals surface area contributed by atoms with E-state index in [0.717, 1.165) is 36.4 Å². The Morgan fingerprint density at radius 1 is 1.07 bits per heavy atom. The van der Waals surface area contributed by atoms with Crippen molar-refractivity contribution in [1.82, 2.24) is 19.9 Å². The van der Waals surface area contributed by atoms with Gasteiger partial charge in [0.2, 0.25) is 0 Å². The summed E-state index contributed by atoms with van der Waals surface area (Å²) in [6.07, 6.45) is 5.14. The van der Waals surface area contributed by atoms with Gasteiger partial charge in [-0.2, -0.15) is 4.68 Å². The molecular formula is C21H20F2N4O. The summed E-state index contributed by atoms with van der Waals surface area (Å²) in [4.78, 5) is 14.8. The number of piperidine rings is 1. The minimum absolute atomic E-state index is 0.0860. The highest BCUT2D eigenvalue weighted by molar-refractivity contribution is 5.77. The van der Waals surface area contributed by atoms with Crippen LogP contribution < -0.4 is 0 Å². The van der Waals surface area contributed by atoms with Gasteiger partial charge in [0, 0.05) is 24.2 Å². The Labute approximate surface area is 161 Å². The van der Waals surface area contributed by atoms with E-state index in [2.05, 4.69) is 22.4 Å². The number of benzene rings is 2. The number of hydrogen-bond donors (Lipinski definition) is 0. The van der Waals surface area contributed by atoms with E-state index >= 15 is 0 Å². The summed E-state index contributed by atoms with van der Waals surface area (Å²) in [7, 11) is 0. The SMILES string of the molecule is O=C(N1CCCCC1Cc1ccccc1)n1cc(-c2cc(F)cc(F)c2)nn1. The summed E-state index contributed by atoms with van der Waals surface area (Å²) in [5.74, 6) is -1.40. The quantitative estimate of drug-likeness (QED) is 0.679. The Morgan fingerprint density at radius 3 is 2.57 bits per heavy atom. The lowest BCUT2D eigenvalue weighted by molar-refractivity contribution is 0.149. The van der Waals surface area contributed by atoms with E-state index in [1.807, 2.05) is 23.1 Å². The summed E-state index contributed by atoms with van der Waals surface area (Å²) in [6, 6.07) is 13.0. The zero-order chi connectivity index (χ0) is 19.5. The molecule has 1 unspecified atom stereocenters.